The highest BCUT2D eigenvalue weighted by molar-refractivity contribution is 6.46. The SMILES string of the molecule is Cc1nc2ccccn2c1/C(O)=C1\C(=O)C(=O)N(CCCN2CCOCC2)[C@@H]1c1ccncc1. The smallest absolute Gasteiger partial charge is 0.295 e. The lowest BCUT2D eigenvalue weighted by Crippen LogP contribution is -2.38. The van der Waals surface area contributed by atoms with Crippen molar-refractivity contribution >= 4 is 23.1 Å². The predicted molar refractivity (Wildman–Crippen MR) is 125 cm³/mol. The summed E-state index contributed by atoms with van der Waals surface area (Å²) in [6.07, 6.45) is 5.75. The first-order valence-electron chi connectivity index (χ1n) is 11.5. The molecule has 34 heavy (non-hydrogen) atoms. The number of imidazole rings is 1. The molecule has 9 heteroatoms. The molecule has 176 valence electrons. The fourth-order valence-corrected chi connectivity index (χ4v) is 4.82. The van der Waals surface area contributed by atoms with Crippen molar-refractivity contribution in [2.24, 2.45) is 0 Å². The molecular formula is C25H27N5O4. The van der Waals surface area contributed by atoms with Crippen molar-refractivity contribution in [2.75, 3.05) is 39.4 Å². The number of ketones is 1. The normalized spacial score (nSPS) is 21.0. The third-order valence-corrected chi connectivity index (χ3v) is 6.47. The van der Waals surface area contributed by atoms with Gasteiger partial charge in [-0.3, -0.25) is 23.9 Å². The quantitative estimate of drug-likeness (QED) is 0.341. The Hall–Kier alpha value is -3.56. The van der Waals surface area contributed by atoms with Crippen molar-refractivity contribution in [3.63, 3.8) is 0 Å². The van der Waals surface area contributed by atoms with Crippen molar-refractivity contribution in [2.45, 2.75) is 19.4 Å². The molecule has 3 aromatic heterocycles. The number of morpholine rings is 1. The van der Waals surface area contributed by atoms with Gasteiger partial charge >= 0.3 is 0 Å². The summed E-state index contributed by atoms with van der Waals surface area (Å²) in [6, 6.07) is 8.38. The van der Waals surface area contributed by atoms with E-state index < -0.39 is 17.7 Å². The Morgan fingerprint density at radius 2 is 1.88 bits per heavy atom. The second-order valence-corrected chi connectivity index (χ2v) is 8.56. The van der Waals surface area contributed by atoms with Gasteiger partial charge in [0.2, 0.25) is 0 Å². The number of hydrogen-bond acceptors (Lipinski definition) is 7. The summed E-state index contributed by atoms with van der Waals surface area (Å²) in [5.41, 5.74) is 2.46. The molecule has 0 aromatic carbocycles. The summed E-state index contributed by atoms with van der Waals surface area (Å²) in [6.45, 7) is 6.13. The number of aliphatic hydroxyl groups is 1. The largest absolute Gasteiger partial charge is 0.505 e. The van der Waals surface area contributed by atoms with Gasteiger partial charge in [0.05, 0.1) is 30.5 Å². The van der Waals surface area contributed by atoms with Crippen molar-refractivity contribution in [1.82, 2.24) is 24.2 Å². The monoisotopic (exact) mass is 461 g/mol. The highest BCUT2D eigenvalue weighted by Crippen LogP contribution is 2.39. The molecule has 2 aliphatic heterocycles. The maximum absolute atomic E-state index is 13.3. The number of likely N-dealkylation sites (tertiary alicyclic amines) is 1. The minimum Gasteiger partial charge on any atom is -0.505 e. The molecule has 3 aromatic rings. The Morgan fingerprint density at radius 3 is 2.65 bits per heavy atom. The molecule has 0 spiro atoms. The fourth-order valence-electron chi connectivity index (χ4n) is 4.82. The fraction of sp³-hybridized carbons (Fsp3) is 0.360. The van der Waals surface area contributed by atoms with Crippen LogP contribution in [-0.2, 0) is 14.3 Å². The zero-order chi connectivity index (χ0) is 23.7. The van der Waals surface area contributed by atoms with Gasteiger partial charge in [0, 0.05) is 44.8 Å². The summed E-state index contributed by atoms with van der Waals surface area (Å²) >= 11 is 0. The Labute approximate surface area is 197 Å². The van der Waals surface area contributed by atoms with E-state index in [2.05, 4.69) is 14.9 Å². The standard InChI is InChI=1S/C25H27N5O4/c1-17-21(29-11-3-2-5-19(29)27-17)23(31)20-22(18-6-8-26-9-7-18)30(25(33)24(20)32)12-4-10-28-13-15-34-16-14-28/h2-3,5-9,11,22,31H,4,10,12-16H2,1H3/b23-20+/t22-/m1/s1. The highest BCUT2D eigenvalue weighted by atomic mass is 16.5. The summed E-state index contributed by atoms with van der Waals surface area (Å²) in [5, 5.41) is 11.4. The number of aromatic nitrogens is 3. The minimum atomic E-state index is -0.693. The van der Waals surface area contributed by atoms with Gasteiger partial charge in [-0.05, 0) is 43.2 Å². The Bertz CT molecular complexity index is 1250. The van der Waals surface area contributed by atoms with Gasteiger partial charge in [-0.1, -0.05) is 6.07 Å². The molecule has 0 saturated carbocycles. The van der Waals surface area contributed by atoms with Gasteiger partial charge in [-0.2, -0.15) is 0 Å². The van der Waals surface area contributed by atoms with Crippen molar-refractivity contribution in [3.8, 4) is 0 Å². The third-order valence-electron chi connectivity index (χ3n) is 6.47. The van der Waals surface area contributed by atoms with Crippen molar-refractivity contribution in [1.29, 1.82) is 0 Å². The van der Waals surface area contributed by atoms with E-state index in [-0.39, 0.29) is 11.3 Å². The third kappa shape index (κ3) is 3.97. The second-order valence-electron chi connectivity index (χ2n) is 8.56. The van der Waals surface area contributed by atoms with Gasteiger partial charge in [0.25, 0.3) is 11.7 Å². The number of amides is 1. The number of aryl methyl sites for hydroxylation is 1. The molecule has 0 radical (unpaired) electrons. The molecule has 9 nitrogen and oxygen atoms in total. The van der Waals surface area contributed by atoms with Crippen LogP contribution in [0.3, 0.4) is 0 Å². The van der Waals surface area contributed by atoms with Crippen LogP contribution in [0.5, 0.6) is 0 Å². The first-order valence-corrected chi connectivity index (χ1v) is 11.5. The Kier molecular flexibility index (Phi) is 6.12. The van der Waals surface area contributed by atoms with E-state index in [1.165, 1.54) is 0 Å². The average Bonchev–Trinajstić information content (AvgIpc) is 3.33. The van der Waals surface area contributed by atoms with Crippen LogP contribution in [0, 0.1) is 6.92 Å². The van der Waals surface area contributed by atoms with E-state index >= 15 is 0 Å². The lowest BCUT2D eigenvalue weighted by molar-refractivity contribution is -0.140. The van der Waals surface area contributed by atoms with Crippen LogP contribution in [0.25, 0.3) is 11.4 Å². The van der Waals surface area contributed by atoms with Crippen LogP contribution >= 0.6 is 0 Å². The molecule has 1 amide bonds. The topological polar surface area (TPSA) is 100 Å². The van der Waals surface area contributed by atoms with E-state index in [1.807, 2.05) is 18.2 Å². The number of nitrogens with zero attached hydrogens (tertiary/aromatic N) is 5. The zero-order valence-electron chi connectivity index (χ0n) is 19.1. The number of aliphatic hydroxyl groups excluding tert-OH is 1. The van der Waals surface area contributed by atoms with Crippen LogP contribution in [-0.4, -0.2) is 80.4 Å². The maximum atomic E-state index is 13.3. The molecule has 1 N–H and O–H groups in total. The summed E-state index contributed by atoms with van der Waals surface area (Å²) < 4.78 is 7.14. The van der Waals surface area contributed by atoms with Gasteiger partial charge in [0.1, 0.15) is 11.3 Å². The number of Topliss-reactive ketones (excluding diaryl/α,β-unsaturated/α-hetero) is 1. The molecule has 2 fully saturated rings. The van der Waals surface area contributed by atoms with Gasteiger partial charge in [-0.15, -0.1) is 0 Å². The molecule has 0 aliphatic carbocycles. The number of rotatable bonds is 6. The van der Waals surface area contributed by atoms with Gasteiger partial charge in [-0.25, -0.2) is 4.98 Å². The van der Waals surface area contributed by atoms with E-state index in [0.29, 0.717) is 43.2 Å². The first kappa shape index (κ1) is 22.2. The van der Waals surface area contributed by atoms with E-state index in [4.69, 9.17) is 4.74 Å². The molecule has 0 unspecified atom stereocenters. The van der Waals surface area contributed by atoms with E-state index in [9.17, 15) is 14.7 Å². The second kappa shape index (κ2) is 9.36. The number of pyridine rings is 2. The molecule has 5 rings (SSSR count). The summed E-state index contributed by atoms with van der Waals surface area (Å²) in [5.74, 6) is -1.50. The lowest BCUT2D eigenvalue weighted by atomic mass is 9.97. The first-order chi connectivity index (χ1) is 16.6. The number of ether oxygens (including phenoxy) is 1. The highest BCUT2D eigenvalue weighted by Gasteiger charge is 2.46. The Balaban J connectivity index is 1.53. The van der Waals surface area contributed by atoms with Crippen molar-refractivity contribution in [3.05, 3.63) is 71.4 Å². The van der Waals surface area contributed by atoms with Gasteiger partial charge in [0.15, 0.2) is 5.76 Å². The lowest BCUT2D eigenvalue weighted by Gasteiger charge is -2.29. The Morgan fingerprint density at radius 1 is 1.12 bits per heavy atom. The van der Waals surface area contributed by atoms with Crippen LogP contribution in [0.4, 0.5) is 0 Å². The molecule has 0 bridgehead atoms. The number of fused-ring (bicyclic) bond motifs is 1. The van der Waals surface area contributed by atoms with Crippen LogP contribution < -0.4 is 0 Å². The molecular weight excluding hydrogens is 434 g/mol. The summed E-state index contributed by atoms with van der Waals surface area (Å²) in [4.78, 5) is 38.9. The number of hydrogen-bond donors (Lipinski definition) is 1. The minimum absolute atomic E-state index is 0.0799. The maximum Gasteiger partial charge on any atom is 0.295 e. The predicted octanol–water partition coefficient (Wildman–Crippen LogP) is 2.18. The molecule has 5 heterocycles. The number of carbonyl (C=O) groups is 2. The van der Waals surface area contributed by atoms with Gasteiger partial charge < -0.3 is 14.7 Å². The number of carbonyl (C=O) groups excluding carboxylic acids is 2. The summed E-state index contributed by atoms with van der Waals surface area (Å²) in [7, 11) is 0. The molecule has 2 saturated heterocycles. The van der Waals surface area contributed by atoms with E-state index in [0.717, 1.165) is 25.2 Å². The zero-order valence-corrected chi connectivity index (χ0v) is 19.1. The van der Waals surface area contributed by atoms with Crippen LogP contribution in [0.1, 0.15) is 29.4 Å². The average molecular weight is 462 g/mol. The van der Waals surface area contributed by atoms with Crippen LogP contribution in [0.2, 0.25) is 0 Å². The van der Waals surface area contributed by atoms with Crippen LogP contribution in [0.15, 0.2) is 54.5 Å². The molecule has 1 atom stereocenters. The van der Waals surface area contributed by atoms with Crippen molar-refractivity contribution < 1.29 is 19.4 Å². The van der Waals surface area contributed by atoms with E-state index in [1.54, 1.807) is 46.9 Å². The molecule has 2 aliphatic rings.